The molecule has 0 amide bonds. The molecule has 1 N–H and O–H groups in total. The number of likely N-dealkylation sites (tertiary alicyclic amines) is 1. The highest BCUT2D eigenvalue weighted by atomic mass is 15.1. The van der Waals surface area contributed by atoms with Crippen LogP contribution in [0.4, 0.5) is 0 Å². The molecule has 1 aliphatic heterocycles. The summed E-state index contributed by atoms with van der Waals surface area (Å²) in [6.07, 6.45) is 14.9. The minimum atomic E-state index is 0.580. The molecular weight excluding hydrogens is 613 g/mol. The number of rotatable bonds is 19. The monoisotopic (exact) mass is 670 g/mol. The third-order valence-electron chi connectivity index (χ3n) is 10.4. The number of aromatic nitrogens is 2. The molecule has 2 fully saturated rings. The summed E-state index contributed by atoms with van der Waals surface area (Å²) in [7, 11) is 0. The Labute approximate surface area is 301 Å². The van der Waals surface area contributed by atoms with E-state index in [4.69, 9.17) is 15.0 Å². The van der Waals surface area contributed by atoms with Gasteiger partial charge < -0.3 is 10.2 Å². The first kappa shape index (κ1) is 37.3. The normalized spacial score (nSPS) is 17.6. The summed E-state index contributed by atoms with van der Waals surface area (Å²) in [4.78, 5) is 21.9. The lowest BCUT2D eigenvalue weighted by atomic mass is 9.93. The van der Waals surface area contributed by atoms with Crippen molar-refractivity contribution in [2.75, 3.05) is 26.2 Å². The minimum absolute atomic E-state index is 0.580. The predicted molar refractivity (Wildman–Crippen MR) is 214 cm³/mol. The molecule has 3 aromatic rings. The average molecular weight is 671 g/mol. The third-order valence-corrected chi connectivity index (χ3v) is 10.4. The molecule has 1 saturated carbocycles. The summed E-state index contributed by atoms with van der Waals surface area (Å²) in [5.74, 6) is 1.82. The maximum Gasteiger partial charge on any atom is 0.0891 e. The van der Waals surface area contributed by atoms with Gasteiger partial charge in [0, 0.05) is 36.5 Å². The number of nitrogens with one attached hydrogen (secondary N) is 1. The van der Waals surface area contributed by atoms with Crippen LogP contribution in [0, 0.1) is 31.6 Å². The van der Waals surface area contributed by atoms with Crippen molar-refractivity contribution >= 4 is 18.1 Å². The van der Waals surface area contributed by atoms with Crippen molar-refractivity contribution in [1.29, 1.82) is 0 Å². The van der Waals surface area contributed by atoms with Gasteiger partial charge in [-0.25, -0.2) is 4.98 Å². The van der Waals surface area contributed by atoms with E-state index in [9.17, 15) is 0 Å². The van der Waals surface area contributed by atoms with Gasteiger partial charge in [-0.15, -0.1) is 6.58 Å². The van der Waals surface area contributed by atoms with E-state index in [0.29, 0.717) is 17.8 Å². The van der Waals surface area contributed by atoms with E-state index >= 15 is 0 Å². The summed E-state index contributed by atoms with van der Waals surface area (Å²) in [5.41, 5.74) is 12.1. The van der Waals surface area contributed by atoms with Crippen LogP contribution >= 0.6 is 0 Å². The zero-order valence-electron chi connectivity index (χ0n) is 31.1. The Morgan fingerprint density at radius 2 is 1.88 bits per heavy atom. The third kappa shape index (κ3) is 10.0. The van der Waals surface area contributed by atoms with Crippen molar-refractivity contribution in [2.45, 2.75) is 85.6 Å². The molecule has 2 aliphatic rings. The zero-order valence-corrected chi connectivity index (χ0v) is 31.1. The first-order valence-electron chi connectivity index (χ1n) is 18.8. The van der Waals surface area contributed by atoms with Crippen LogP contribution in [0.1, 0.15) is 87.7 Å². The molecule has 0 radical (unpaired) electrons. The molecule has 0 spiro atoms. The van der Waals surface area contributed by atoms with Gasteiger partial charge in [-0.1, -0.05) is 74.9 Å². The quantitative estimate of drug-likeness (QED) is 0.102. The predicted octanol–water partition coefficient (Wildman–Crippen LogP) is 10.0. The number of aryl methyl sites for hydroxylation is 1. The molecule has 2 unspecified atom stereocenters. The van der Waals surface area contributed by atoms with Crippen molar-refractivity contribution in [3.05, 3.63) is 102 Å². The first-order valence-corrected chi connectivity index (χ1v) is 18.8. The van der Waals surface area contributed by atoms with E-state index in [1.165, 1.54) is 48.1 Å². The molecule has 2 aromatic carbocycles. The standard InChI is InChI=1S/C44H58N6/c1-8-10-14-31(3)26-46-28-42-34(6)48-44(29-47-42)40-18-12-17-39(33(40)5)36-15-11-16-37(25-36)43(27-45-7)49-41(35-19-20-35)22-24-50-23-21-38(30-50)32(4)13-9-2/h8,11-12,15-18,25,27,29,31,35,38,46H,1,4,7,9-10,13-14,19-24,26,28,30H2,2-3,5-6H3/b43-27-,49-41+. The zero-order chi connectivity index (χ0) is 35.5. The highest BCUT2D eigenvalue weighted by Crippen LogP contribution is 2.36. The molecule has 5 rings (SSSR count). The van der Waals surface area contributed by atoms with Crippen LogP contribution in [-0.4, -0.2) is 53.5 Å². The van der Waals surface area contributed by atoms with E-state index in [1.807, 2.05) is 18.5 Å². The molecule has 0 bridgehead atoms. The van der Waals surface area contributed by atoms with Crippen molar-refractivity contribution in [2.24, 2.45) is 27.7 Å². The fourth-order valence-corrected chi connectivity index (χ4v) is 7.17. The number of allylic oxidation sites excluding steroid dienone is 1. The fraction of sp³-hybridized carbons (Fsp3) is 0.455. The largest absolute Gasteiger partial charge is 0.311 e. The second-order valence-corrected chi connectivity index (χ2v) is 14.5. The maximum absolute atomic E-state index is 5.30. The van der Waals surface area contributed by atoms with Crippen LogP contribution in [0.2, 0.25) is 0 Å². The topological polar surface area (TPSA) is 65.8 Å². The van der Waals surface area contributed by atoms with Gasteiger partial charge in [-0.2, -0.15) is 0 Å². The molecule has 6 nitrogen and oxygen atoms in total. The van der Waals surface area contributed by atoms with Gasteiger partial charge in [-0.3, -0.25) is 15.0 Å². The molecule has 1 saturated heterocycles. The molecule has 1 aliphatic carbocycles. The molecule has 2 atom stereocenters. The Morgan fingerprint density at radius 1 is 1.08 bits per heavy atom. The van der Waals surface area contributed by atoms with Gasteiger partial charge in [0.2, 0.25) is 0 Å². The van der Waals surface area contributed by atoms with Crippen molar-refractivity contribution in [3.63, 3.8) is 0 Å². The van der Waals surface area contributed by atoms with E-state index in [2.05, 4.69) is 105 Å². The number of hydrogen-bond acceptors (Lipinski definition) is 6. The molecule has 264 valence electrons. The van der Waals surface area contributed by atoms with Gasteiger partial charge in [-0.05, 0) is 119 Å². The Bertz CT molecular complexity index is 1700. The summed E-state index contributed by atoms with van der Waals surface area (Å²) in [6.45, 7) is 25.8. The molecule has 6 heteroatoms. The summed E-state index contributed by atoms with van der Waals surface area (Å²) in [6, 6.07) is 15.1. The number of nitrogens with zero attached hydrogens (tertiary/aromatic N) is 5. The van der Waals surface area contributed by atoms with Gasteiger partial charge >= 0.3 is 0 Å². The maximum atomic E-state index is 5.30. The Kier molecular flexibility index (Phi) is 13.6. The van der Waals surface area contributed by atoms with Crippen LogP contribution in [0.3, 0.4) is 0 Å². The fourth-order valence-electron chi connectivity index (χ4n) is 7.17. The van der Waals surface area contributed by atoms with Gasteiger partial charge in [0.25, 0.3) is 0 Å². The SMILES string of the molecule is C=CCCC(C)CNCc1ncc(-c2cccc(-c3cccc(C(=C/N=C)/N=C(\CCN4CCC(C(=C)CCC)C4)C4CC4)c3)c2C)nc1C. The average Bonchev–Trinajstić information content (AvgIpc) is 3.86. The van der Waals surface area contributed by atoms with Crippen LogP contribution in [-0.2, 0) is 6.54 Å². The second kappa shape index (κ2) is 18.3. The van der Waals surface area contributed by atoms with Crippen LogP contribution < -0.4 is 5.32 Å². The second-order valence-electron chi connectivity index (χ2n) is 14.5. The first-order chi connectivity index (χ1) is 24.3. The smallest absolute Gasteiger partial charge is 0.0891 e. The van der Waals surface area contributed by atoms with Gasteiger partial charge in [0.05, 0.1) is 35.2 Å². The summed E-state index contributed by atoms with van der Waals surface area (Å²) < 4.78 is 0. The summed E-state index contributed by atoms with van der Waals surface area (Å²) >= 11 is 0. The van der Waals surface area contributed by atoms with Crippen LogP contribution in [0.5, 0.6) is 0 Å². The van der Waals surface area contributed by atoms with E-state index in [0.717, 1.165) is 97.9 Å². The molecular formula is C44H58N6. The minimum Gasteiger partial charge on any atom is -0.311 e. The van der Waals surface area contributed by atoms with Crippen LogP contribution in [0.15, 0.2) is 89.7 Å². The van der Waals surface area contributed by atoms with E-state index in [1.54, 1.807) is 0 Å². The molecule has 2 heterocycles. The van der Waals surface area contributed by atoms with Crippen molar-refractivity contribution in [1.82, 2.24) is 20.2 Å². The van der Waals surface area contributed by atoms with Crippen LogP contribution in [0.25, 0.3) is 28.1 Å². The van der Waals surface area contributed by atoms with Crippen molar-refractivity contribution < 1.29 is 0 Å². The number of benzene rings is 2. The van der Waals surface area contributed by atoms with Gasteiger partial charge in [0.1, 0.15) is 0 Å². The highest BCUT2D eigenvalue weighted by molar-refractivity contribution is 5.93. The Balaban J connectivity index is 1.31. The van der Waals surface area contributed by atoms with Crippen molar-refractivity contribution in [3.8, 4) is 22.4 Å². The Hall–Kier alpha value is -4.00. The highest BCUT2D eigenvalue weighted by Gasteiger charge is 2.30. The molecule has 1 aromatic heterocycles. The Morgan fingerprint density at radius 3 is 2.62 bits per heavy atom. The lowest BCUT2D eigenvalue weighted by Gasteiger charge is -2.18. The lowest BCUT2D eigenvalue weighted by molar-refractivity contribution is 0.339. The van der Waals surface area contributed by atoms with E-state index in [-0.39, 0.29) is 0 Å². The summed E-state index contributed by atoms with van der Waals surface area (Å²) in [5, 5.41) is 3.56. The lowest BCUT2D eigenvalue weighted by Crippen LogP contribution is -2.24. The van der Waals surface area contributed by atoms with Gasteiger partial charge in [0.15, 0.2) is 0 Å². The number of hydrogen-bond donors (Lipinski definition) is 1. The molecule has 50 heavy (non-hydrogen) atoms. The van der Waals surface area contributed by atoms with E-state index < -0.39 is 0 Å². The number of aliphatic imine (C=N–C) groups is 2.